The molecule has 3 N–H and O–H groups in total. The summed E-state index contributed by atoms with van der Waals surface area (Å²) in [6, 6.07) is 12.5. The maximum Gasteiger partial charge on any atom is 0.0620 e. The maximum absolute atomic E-state index is 6.13. The lowest BCUT2D eigenvalue weighted by atomic mass is 9.85. The number of anilines is 3. The molecule has 20 heavy (non-hydrogen) atoms. The third-order valence-corrected chi connectivity index (χ3v) is 3.67. The van der Waals surface area contributed by atoms with Crippen LogP contribution in [0.4, 0.5) is 17.1 Å². The van der Waals surface area contributed by atoms with Crippen LogP contribution >= 0.6 is 0 Å². The molecule has 0 radical (unpaired) electrons. The highest BCUT2D eigenvalue weighted by Gasteiger charge is 2.17. The molecule has 2 nitrogen and oxygen atoms in total. The van der Waals surface area contributed by atoms with Crippen molar-refractivity contribution in [3.05, 3.63) is 53.1 Å². The van der Waals surface area contributed by atoms with E-state index in [4.69, 9.17) is 5.73 Å². The number of nitrogens with one attached hydrogen (secondary N) is 1. The van der Waals surface area contributed by atoms with Crippen LogP contribution in [0.2, 0.25) is 0 Å². The molecule has 0 heterocycles. The number of aryl methyl sites for hydroxylation is 2. The van der Waals surface area contributed by atoms with E-state index in [1.165, 1.54) is 16.7 Å². The van der Waals surface area contributed by atoms with Gasteiger partial charge in [-0.2, -0.15) is 0 Å². The molecular formula is C18H24N2. The molecule has 0 amide bonds. The van der Waals surface area contributed by atoms with Crippen molar-refractivity contribution in [2.24, 2.45) is 0 Å². The summed E-state index contributed by atoms with van der Waals surface area (Å²) >= 11 is 0. The van der Waals surface area contributed by atoms with Crippen molar-refractivity contribution in [3.63, 3.8) is 0 Å². The van der Waals surface area contributed by atoms with Crippen LogP contribution in [0.1, 0.15) is 37.5 Å². The molecular weight excluding hydrogens is 244 g/mol. The fourth-order valence-electron chi connectivity index (χ4n) is 2.34. The Hall–Kier alpha value is -1.96. The first-order valence-corrected chi connectivity index (χ1v) is 7.02. The molecule has 0 aliphatic carbocycles. The first kappa shape index (κ1) is 14.4. The van der Waals surface area contributed by atoms with Gasteiger partial charge in [-0.3, -0.25) is 0 Å². The summed E-state index contributed by atoms with van der Waals surface area (Å²) in [5.41, 5.74) is 12.9. The molecule has 2 rings (SSSR count). The molecule has 0 aliphatic heterocycles. The van der Waals surface area contributed by atoms with Crippen molar-refractivity contribution in [3.8, 4) is 0 Å². The fourth-order valence-corrected chi connectivity index (χ4v) is 2.34. The Morgan fingerprint density at radius 2 is 1.50 bits per heavy atom. The summed E-state index contributed by atoms with van der Waals surface area (Å²) < 4.78 is 0. The predicted octanol–water partition coefficient (Wildman–Crippen LogP) is 4.93. The molecule has 0 unspecified atom stereocenters. The number of hydrogen-bond donors (Lipinski definition) is 2. The van der Waals surface area contributed by atoms with Crippen molar-refractivity contribution in [2.75, 3.05) is 11.1 Å². The monoisotopic (exact) mass is 268 g/mol. The maximum atomic E-state index is 6.13. The van der Waals surface area contributed by atoms with E-state index >= 15 is 0 Å². The molecule has 2 aromatic carbocycles. The van der Waals surface area contributed by atoms with Gasteiger partial charge in [0, 0.05) is 5.69 Å². The van der Waals surface area contributed by atoms with Gasteiger partial charge in [0.15, 0.2) is 0 Å². The Balaban J connectivity index is 2.43. The summed E-state index contributed by atoms with van der Waals surface area (Å²) in [5.74, 6) is 0. The highest BCUT2D eigenvalue weighted by Crippen LogP contribution is 2.33. The Kier molecular flexibility index (Phi) is 3.76. The first-order chi connectivity index (χ1) is 9.29. The van der Waals surface area contributed by atoms with Crippen LogP contribution in [-0.2, 0) is 5.41 Å². The quantitative estimate of drug-likeness (QED) is 0.758. The van der Waals surface area contributed by atoms with Gasteiger partial charge in [-0.05, 0) is 54.2 Å². The predicted molar refractivity (Wildman–Crippen MR) is 88.8 cm³/mol. The standard InChI is InChI=1S/C18H24N2/c1-12-10-15(19)17(11-13(12)2)20-16-9-7-6-8-14(16)18(3,4)5/h6-11,20H,19H2,1-5H3. The summed E-state index contributed by atoms with van der Waals surface area (Å²) in [7, 11) is 0. The number of para-hydroxylation sites is 1. The van der Waals surface area contributed by atoms with Crippen molar-refractivity contribution >= 4 is 17.1 Å². The van der Waals surface area contributed by atoms with Gasteiger partial charge >= 0.3 is 0 Å². The Labute approximate surface area is 122 Å². The topological polar surface area (TPSA) is 38.0 Å². The molecule has 0 saturated carbocycles. The number of nitrogen functional groups attached to an aromatic ring is 1. The summed E-state index contributed by atoms with van der Waals surface area (Å²) in [6.07, 6.45) is 0. The van der Waals surface area contributed by atoms with Gasteiger partial charge in [0.2, 0.25) is 0 Å². The van der Waals surface area contributed by atoms with E-state index in [1.54, 1.807) is 0 Å². The molecule has 2 heteroatoms. The van der Waals surface area contributed by atoms with Gasteiger partial charge in [0.05, 0.1) is 11.4 Å². The van der Waals surface area contributed by atoms with Gasteiger partial charge < -0.3 is 11.1 Å². The summed E-state index contributed by atoms with van der Waals surface area (Å²) in [5, 5.41) is 3.49. The fraction of sp³-hybridized carbons (Fsp3) is 0.333. The minimum Gasteiger partial charge on any atom is -0.397 e. The average Bonchev–Trinajstić information content (AvgIpc) is 2.35. The zero-order valence-corrected chi connectivity index (χ0v) is 13.0. The largest absolute Gasteiger partial charge is 0.397 e. The zero-order chi connectivity index (χ0) is 14.9. The minimum atomic E-state index is 0.0953. The van der Waals surface area contributed by atoms with Crippen molar-refractivity contribution in [2.45, 2.75) is 40.0 Å². The second kappa shape index (κ2) is 5.20. The van der Waals surface area contributed by atoms with Crippen LogP contribution in [-0.4, -0.2) is 0 Å². The lowest BCUT2D eigenvalue weighted by molar-refractivity contribution is 0.592. The highest BCUT2D eigenvalue weighted by molar-refractivity contribution is 5.75. The summed E-state index contributed by atoms with van der Waals surface area (Å²) in [4.78, 5) is 0. The van der Waals surface area contributed by atoms with Gasteiger partial charge in [-0.15, -0.1) is 0 Å². The van der Waals surface area contributed by atoms with Crippen LogP contribution in [0.25, 0.3) is 0 Å². The number of nitrogens with two attached hydrogens (primary N) is 1. The van der Waals surface area contributed by atoms with E-state index in [-0.39, 0.29) is 5.41 Å². The molecule has 0 aromatic heterocycles. The van der Waals surface area contributed by atoms with Gasteiger partial charge in [-0.1, -0.05) is 39.0 Å². The number of benzene rings is 2. The van der Waals surface area contributed by atoms with Gasteiger partial charge in [0.25, 0.3) is 0 Å². The second-order valence-corrected chi connectivity index (χ2v) is 6.44. The lowest BCUT2D eigenvalue weighted by Crippen LogP contribution is -2.13. The normalized spacial score (nSPS) is 11.4. The van der Waals surface area contributed by atoms with Gasteiger partial charge in [-0.25, -0.2) is 0 Å². The molecule has 0 atom stereocenters. The third kappa shape index (κ3) is 2.96. The van der Waals surface area contributed by atoms with Crippen LogP contribution < -0.4 is 11.1 Å². The van der Waals surface area contributed by atoms with Crippen LogP contribution in [0.15, 0.2) is 36.4 Å². The molecule has 0 aliphatic rings. The van der Waals surface area contributed by atoms with E-state index in [1.807, 2.05) is 6.07 Å². The van der Waals surface area contributed by atoms with Crippen LogP contribution in [0.5, 0.6) is 0 Å². The van der Waals surface area contributed by atoms with Crippen molar-refractivity contribution in [1.29, 1.82) is 0 Å². The summed E-state index contributed by atoms with van der Waals surface area (Å²) in [6.45, 7) is 10.8. The molecule has 0 saturated heterocycles. The van der Waals surface area contributed by atoms with Crippen LogP contribution in [0.3, 0.4) is 0 Å². The third-order valence-electron chi connectivity index (χ3n) is 3.67. The molecule has 0 fully saturated rings. The first-order valence-electron chi connectivity index (χ1n) is 7.02. The number of hydrogen-bond acceptors (Lipinski definition) is 2. The zero-order valence-electron chi connectivity index (χ0n) is 13.0. The Bertz CT molecular complexity index is 622. The van der Waals surface area contributed by atoms with Crippen molar-refractivity contribution < 1.29 is 0 Å². The molecule has 2 aromatic rings. The van der Waals surface area contributed by atoms with Crippen LogP contribution in [0, 0.1) is 13.8 Å². The van der Waals surface area contributed by atoms with Gasteiger partial charge in [0.1, 0.15) is 0 Å². The smallest absolute Gasteiger partial charge is 0.0620 e. The molecule has 106 valence electrons. The van der Waals surface area contributed by atoms with E-state index < -0.39 is 0 Å². The molecule has 0 bridgehead atoms. The molecule has 0 spiro atoms. The van der Waals surface area contributed by atoms with E-state index in [0.29, 0.717) is 0 Å². The van der Waals surface area contributed by atoms with E-state index in [0.717, 1.165) is 17.1 Å². The second-order valence-electron chi connectivity index (χ2n) is 6.44. The minimum absolute atomic E-state index is 0.0953. The van der Waals surface area contributed by atoms with E-state index in [2.05, 4.69) is 70.3 Å². The van der Waals surface area contributed by atoms with Crippen molar-refractivity contribution in [1.82, 2.24) is 0 Å². The lowest BCUT2D eigenvalue weighted by Gasteiger charge is -2.24. The Morgan fingerprint density at radius 3 is 2.15 bits per heavy atom. The average molecular weight is 268 g/mol. The Morgan fingerprint density at radius 1 is 0.900 bits per heavy atom. The van der Waals surface area contributed by atoms with E-state index in [9.17, 15) is 0 Å². The SMILES string of the molecule is Cc1cc(N)c(Nc2ccccc2C(C)(C)C)cc1C. The highest BCUT2D eigenvalue weighted by atomic mass is 14.9. The number of rotatable bonds is 2.